The Bertz CT molecular complexity index is 543. The molecule has 0 saturated carbocycles. The first kappa shape index (κ1) is 19.9. The first-order chi connectivity index (χ1) is 10.6. The van der Waals surface area contributed by atoms with Crippen LogP contribution in [0, 0.1) is 0 Å². The van der Waals surface area contributed by atoms with E-state index in [9.17, 15) is 19.6 Å². The molecule has 4 atom stereocenters. The second-order valence-corrected chi connectivity index (χ2v) is 6.39. The Kier molecular flexibility index (Phi) is 7.02. The van der Waals surface area contributed by atoms with E-state index >= 15 is 0 Å². The molecule has 0 aromatic heterocycles. The fourth-order valence-corrected chi connectivity index (χ4v) is 2.66. The third kappa shape index (κ3) is 5.78. The zero-order chi connectivity index (χ0) is 17.8. The first-order valence-electron chi connectivity index (χ1n) is 6.81. The lowest BCUT2D eigenvalue weighted by Crippen LogP contribution is -2.45. The lowest BCUT2D eigenvalue weighted by atomic mass is 9.94. The quantitative estimate of drug-likeness (QED) is 0.239. The summed E-state index contributed by atoms with van der Waals surface area (Å²) in [6.07, 6.45) is -1.28. The van der Waals surface area contributed by atoms with Crippen LogP contribution in [0.3, 0.4) is 0 Å². The molecule has 0 bridgehead atoms. The summed E-state index contributed by atoms with van der Waals surface area (Å²) in [6.45, 7) is 2.84. The molecular weight excluding hydrogens is 331 g/mol. The standard InChI is InChI=1S/C12H21N2O8P/c1-6-11(16)9(8(5-15)3-13-6)4-14-10(12(17)18)7(2)22-23(19,20)21/h4,6-7,10-11,13,15-16H,3,5H2,1-2H3,(H,17,18)(H2,19,20,21). The summed E-state index contributed by atoms with van der Waals surface area (Å²) < 4.78 is 15.1. The van der Waals surface area contributed by atoms with Gasteiger partial charge in [-0.2, -0.15) is 0 Å². The highest BCUT2D eigenvalue weighted by molar-refractivity contribution is 7.46. The molecule has 1 rings (SSSR count). The normalized spacial score (nSPS) is 25.7. The molecule has 1 aliphatic heterocycles. The summed E-state index contributed by atoms with van der Waals surface area (Å²) in [7, 11) is -4.86. The number of carboxylic acids is 1. The van der Waals surface area contributed by atoms with Crippen LogP contribution >= 0.6 is 7.82 Å². The number of aliphatic carboxylic acids is 1. The van der Waals surface area contributed by atoms with Crippen molar-refractivity contribution in [3.05, 3.63) is 11.1 Å². The molecule has 0 fully saturated rings. The number of aliphatic hydroxyl groups is 2. The van der Waals surface area contributed by atoms with E-state index in [1.165, 1.54) is 0 Å². The molecule has 1 heterocycles. The minimum Gasteiger partial charge on any atom is -0.480 e. The van der Waals surface area contributed by atoms with Crippen molar-refractivity contribution in [2.75, 3.05) is 13.2 Å². The van der Waals surface area contributed by atoms with Gasteiger partial charge < -0.3 is 30.4 Å². The van der Waals surface area contributed by atoms with Crippen LogP contribution in [0.2, 0.25) is 0 Å². The maximum atomic E-state index is 11.2. The molecule has 6 N–H and O–H groups in total. The number of carbonyl (C=O) groups is 1. The van der Waals surface area contributed by atoms with E-state index in [1.807, 2.05) is 0 Å². The Balaban J connectivity index is 3.02. The lowest BCUT2D eigenvalue weighted by Gasteiger charge is -2.29. The summed E-state index contributed by atoms with van der Waals surface area (Å²) >= 11 is 0. The van der Waals surface area contributed by atoms with Crippen LogP contribution in [0.15, 0.2) is 16.1 Å². The van der Waals surface area contributed by atoms with Crippen molar-refractivity contribution in [1.29, 1.82) is 0 Å². The van der Waals surface area contributed by atoms with Crippen molar-refractivity contribution in [2.24, 2.45) is 4.99 Å². The average molecular weight is 352 g/mol. The van der Waals surface area contributed by atoms with Gasteiger partial charge in [0.25, 0.3) is 0 Å². The van der Waals surface area contributed by atoms with Crippen molar-refractivity contribution in [1.82, 2.24) is 5.32 Å². The van der Waals surface area contributed by atoms with E-state index in [4.69, 9.17) is 14.9 Å². The second kappa shape index (κ2) is 8.11. The Morgan fingerprint density at radius 3 is 2.65 bits per heavy atom. The zero-order valence-corrected chi connectivity index (χ0v) is 13.6. The molecule has 0 aromatic rings. The fourth-order valence-electron chi connectivity index (χ4n) is 2.11. The summed E-state index contributed by atoms with van der Waals surface area (Å²) in [5.74, 6) is -1.44. The number of aliphatic imine (C=N–C) groups is 1. The Labute approximate surface area is 132 Å². The van der Waals surface area contributed by atoms with Crippen LogP contribution in [-0.4, -0.2) is 74.7 Å². The number of rotatable bonds is 7. The minimum absolute atomic E-state index is 0.272. The number of hydrogen-bond acceptors (Lipinski definition) is 7. The van der Waals surface area contributed by atoms with Gasteiger partial charge in [-0.3, -0.25) is 9.52 Å². The van der Waals surface area contributed by atoms with Crippen LogP contribution in [-0.2, 0) is 13.9 Å². The van der Waals surface area contributed by atoms with Gasteiger partial charge in [0.2, 0.25) is 0 Å². The van der Waals surface area contributed by atoms with Crippen LogP contribution in [0.5, 0.6) is 0 Å². The maximum Gasteiger partial charge on any atom is 0.469 e. The molecule has 132 valence electrons. The van der Waals surface area contributed by atoms with Gasteiger partial charge in [0.15, 0.2) is 6.04 Å². The Morgan fingerprint density at radius 2 is 2.17 bits per heavy atom. The summed E-state index contributed by atoms with van der Waals surface area (Å²) in [5.41, 5.74) is 0.723. The summed E-state index contributed by atoms with van der Waals surface area (Å²) in [5, 5.41) is 31.5. The fraction of sp³-hybridized carbons (Fsp3) is 0.667. The molecule has 0 radical (unpaired) electrons. The highest BCUT2D eigenvalue weighted by atomic mass is 31.2. The van der Waals surface area contributed by atoms with Gasteiger partial charge in [0.05, 0.1) is 18.8 Å². The summed E-state index contributed by atoms with van der Waals surface area (Å²) in [4.78, 5) is 32.5. The van der Waals surface area contributed by atoms with Gasteiger partial charge >= 0.3 is 13.8 Å². The molecule has 1 aliphatic rings. The first-order valence-corrected chi connectivity index (χ1v) is 8.34. The van der Waals surface area contributed by atoms with E-state index in [1.54, 1.807) is 6.92 Å². The van der Waals surface area contributed by atoms with Gasteiger partial charge in [-0.05, 0) is 19.4 Å². The minimum atomic E-state index is -4.86. The maximum absolute atomic E-state index is 11.2. The van der Waals surface area contributed by atoms with Crippen LogP contribution in [0.4, 0.5) is 0 Å². The van der Waals surface area contributed by atoms with Gasteiger partial charge in [0.1, 0.15) is 0 Å². The highest BCUT2D eigenvalue weighted by Crippen LogP contribution is 2.38. The predicted octanol–water partition coefficient (Wildman–Crippen LogP) is -1.35. The molecule has 4 unspecified atom stereocenters. The molecule has 11 heteroatoms. The molecule has 0 amide bonds. The number of phosphoric ester groups is 1. The molecule has 0 aliphatic carbocycles. The highest BCUT2D eigenvalue weighted by Gasteiger charge is 2.31. The smallest absolute Gasteiger partial charge is 0.469 e. The van der Waals surface area contributed by atoms with Crippen molar-refractivity contribution in [2.45, 2.75) is 38.1 Å². The van der Waals surface area contributed by atoms with Gasteiger partial charge in [-0.15, -0.1) is 0 Å². The number of phosphoric acid groups is 1. The van der Waals surface area contributed by atoms with Crippen molar-refractivity contribution >= 4 is 20.0 Å². The van der Waals surface area contributed by atoms with E-state index in [2.05, 4.69) is 14.8 Å². The molecule has 0 saturated heterocycles. The number of nitrogens with one attached hydrogen (secondary N) is 1. The lowest BCUT2D eigenvalue weighted by molar-refractivity contribution is -0.140. The summed E-state index contributed by atoms with van der Waals surface area (Å²) in [6, 6.07) is -1.90. The van der Waals surface area contributed by atoms with E-state index in [-0.39, 0.29) is 18.2 Å². The van der Waals surface area contributed by atoms with Crippen LogP contribution in [0.1, 0.15) is 13.8 Å². The largest absolute Gasteiger partial charge is 0.480 e. The van der Waals surface area contributed by atoms with E-state index < -0.39 is 32.0 Å². The van der Waals surface area contributed by atoms with E-state index in [0.29, 0.717) is 12.1 Å². The third-order valence-electron chi connectivity index (χ3n) is 3.40. The van der Waals surface area contributed by atoms with Crippen molar-refractivity contribution < 1.29 is 39.0 Å². The van der Waals surface area contributed by atoms with Crippen LogP contribution < -0.4 is 5.32 Å². The topological polar surface area (TPSA) is 169 Å². The number of aliphatic hydroxyl groups excluding tert-OH is 2. The van der Waals surface area contributed by atoms with Gasteiger partial charge in [0, 0.05) is 24.4 Å². The number of nitrogens with zero attached hydrogens (tertiary/aromatic N) is 1. The molecule has 0 spiro atoms. The molecule has 23 heavy (non-hydrogen) atoms. The van der Waals surface area contributed by atoms with E-state index in [0.717, 1.165) is 13.1 Å². The van der Waals surface area contributed by atoms with Gasteiger partial charge in [-0.25, -0.2) is 9.36 Å². The monoisotopic (exact) mass is 352 g/mol. The number of hydrogen-bond donors (Lipinski definition) is 6. The predicted molar refractivity (Wildman–Crippen MR) is 80.1 cm³/mol. The zero-order valence-electron chi connectivity index (χ0n) is 12.7. The van der Waals surface area contributed by atoms with Crippen molar-refractivity contribution in [3.8, 4) is 0 Å². The average Bonchev–Trinajstić information content (AvgIpc) is 2.41. The van der Waals surface area contributed by atoms with Crippen molar-refractivity contribution in [3.63, 3.8) is 0 Å². The Hall–Kier alpha value is -1.13. The molecular formula is C12H21N2O8P. The SMILES string of the molecule is CC1NCC(CO)=C(C=NC(C(=O)O)C(C)OP(=O)(O)O)C1O. The molecule has 10 nitrogen and oxygen atoms in total. The van der Waals surface area contributed by atoms with Gasteiger partial charge in [-0.1, -0.05) is 0 Å². The second-order valence-electron chi connectivity index (χ2n) is 5.19. The number of carboxylic acid groups (broad SMARTS) is 1. The third-order valence-corrected chi connectivity index (χ3v) is 4.01. The van der Waals surface area contributed by atoms with Crippen LogP contribution in [0.25, 0.3) is 0 Å². The molecule has 0 aromatic carbocycles. The Morgan fingerprint density at radius 1 is 1.57 bits per heavy atom.